The van der Waals surface area contributed by atoms with Crippen molar-refractivity contribution in [1.82, 2.24) is 4.90 Å². The van der Waals surface area contributed by atoms with Crippen LogP contribution in [0.5, 0.6) is 5.75 Å². The summed E-state index contributed by atoms with van der Waals surface area (Å²) in [5.41, 5.74) is -0.403. The highest BCUT2D eigenvalue weighted by Crippen LogP contribution is 2.33. The van der Waals surface area contributed by atoms with Crippen LogP contribution in [0.1, 0.15) is 31.4 Å². The second-order valence-corrected chi connectivity index (χ2v) is 5.74. The Labute approximate surface area is 117 Å². The fraction of sp³-hybridized carbons (Fsp3) is 0.600. The van der Waals surface area contributed by atoms with Crippen LogP contribution in [0.2, 0.25) is 0 Å². The topological polar surface area (TPSA) is 59.8 Å². The highest BCUT2D eigenvalue weighted by Gasteiger charge is 2.31. The van der Waals surface area contributed by atoms with Crippen molar-refractivity contribution >= 4 is 5.91 Å². The highest BCUT2D eigenvalue weighted by atomic mass is 16.5. The van der Waals surface area contributed by atoms with Gasteiger partial charge >= 0.3 is 5.63 Å². The summed E-state index contributed by atoms with van der Waals surface area (Å²) in [7, 11) is 0. The Kier molecular flexibility index (Phi) is 3.51. The number of hydrogen-bond acceptors (Lipinski definition) is 4. The van der Waals surface area contributed by atoms with Crippen LogP contribution in [0.4, 0.5) is 0 Å². The molecule has 5 heteroatoms. The van der Waals surface area contributed by atoms with Crippen LogP contribution in [-0.2, 0) is 4.79 Å². The third-order valence-corrected chi connectivity index (χ3v) is 3.83. The number of ether oxygens (including phenoxy) is 1. The summed E-state index contributed by atoms with van der Waals surface area (Å²) in [6.45, 7) is 3.08. The molecule has 2 heterocycles. The van der Waals surface area contributed by atoms with Crippen LogP contribution in [0.15, 0.2) is 21.3 Å². The fourth-order valence-electron chi connectivity index (χ4n) is 2.59. The van der Waals surface area contributed by atoms with Crippen molar-refractivity contribution in [2.45, 2.75) is 38.7 Å². The molecule has 5 nitrogen and oxygen atoms in total. The monoisotopic (exact) mass is 277 g/mol. The number of nitrogens with zero attached hydrogens (tertiary/aromatic N) is 1. The smallest absolute Gasteiger partial charge is 0.339 e. The van der Waals surface area contributed by atoms with E-state index in [4.69, 9.17) is 9.15 Å². The Bertz CT molecular complexity index is 561. The Balaban J connectivity index is 1.56. The van der Waals surface area contributed by atoms with E-state index in [1.54, 1.807) is 13.0 Å². The van der Waals surface area contributed by atoms with Crippen molar-refractivity contribution in [3.05, 3.63) is 28.3 Å². The van der Waals surface area contributed by atoms with Crippen molar-refractivity contribution in [3.8, 4) is 5.75 Å². The molecule has 1 atom stereocenters. The Hall–Kier alpha value is -1.78. The van der Waals surface area contributed by atoms with Gasteiger partial charge in [-0.2, -0.15) is 0 Å². The van der Waals surface area contributed by atoms with Crippen molar-refractivity contribution < 1.29 is 13.9 Å². The van der Waals surface area contributed by atoms with Crippen molar-refractivity contribution in [2.75, 3.05) is 13.1 Å². The lowest BCUT2D eigenvalue weighted by molar-refractivity contribution is -0.130. The van der Waals surface area contributed by atoms with Gasteiger partial charge in [0, 0.05) is 25.5 Å². The minimum Gasteiger partial charge on any atom is -0.488 e. The second kappa shape index (κ2) is 5.31. The van der Waals surface area contributed by atoms with Gasteiger partial charge in [-0.1, -0.05) is 0 Å². The Morgan fingerprint density at radius 2 is 2.20 bits per heavy atom. The maximum atomic E-state index is 12.0. The largest absolute Gasteiger partial charge is 0.488 e. The highest BCUT2D eigenvalue weighted by molar-refractivity contribution is 5.77. The summed E-state index contributed by atoms with van der Waals surface area (Å²) in [6, 6.07) is 3.05. The number of aryl methyl sites for hydroxylation is 1. The first kappa shape index (κ1) is 13.2. The summed E-state index contributed by atoms with van der Waals surface area (Å²) in [6.07, 6.45) is 3.85. The first-order chi connectivity index (χ1) is 9.60. The predicted molar refractivity (Wildman–Crippen MR) is 72.7 cm³/mol. The number of likely N-dealkylation sites (tertiary alicyclic amines) is 1. The average Bonchev–Trinajstić information content (AvgIpc) is 3.04. The molecule has 2 aliphatic rings. The van der Waals surface area contributed by atoms with E-state index in [0.717, 1.165) is 13.0 Å². The maximum Gasteiger partial charge on any atom is 0.339 e. The molecule has 1 aromatic rings. The average molecular weight is 277 g/mol. The minimum absolute atomic E-state index is 0.0284. The molecule has 1 amide bonds. The van der Waals surface area contributed by atoms with Crippen molar-refractivity contribution in [3.63, 3.8) is 0 Å². The molecule has 0 spiro atoms. The van der Waals surface area contributed by atoms with Gasteiger partial charge in [-0.15, -0.1) is 0 Å². The molecular formula is C15H19NO4. The second-order valence-electron chi connectivity index (χ2n) is 5.74. The summed E-state index contributed by atoms with van der Waals surface area (Å²) >= 11 is 0. The molecule has 1 aliphatic carbocycles. The number of amides is 1. The third kappa shape index (κ3) is 3.21. The van der Waals surface area contributed by atoms with Crippen LogP contribution in [0, 0.1) is 12.8 Å². The SMILES string of the molecule is Cc1cc(O[C@H]2CCN(C(=O)CC3CC3)C2)cc(=O)o1. The first-order valence-corrected chi connectivity index (χ1v) is 7.16. The minimum atomic E-state index is -0.403. The zero-order valence-corrected chi connectivity index (χ0v) is 11.6. The van der Waals surface area contributed by atoms with E-state index in [0.29, 0.717) is 30.4 Å². The quantitative estimate of drug-likeness (QED) is 0.841. The lowest BCUT2D eigenvalue weighted by Gasteiger charge is -2.17. The van der Waals surface area contributed by atoms with Gasteiger partial charge in [0.15, 0.2) is 0 Å². The lowest BCUT2D eigenvalue weighted by Crippen LogP contribution is -2.31. The van der Waals surface area contributed by atoms with E-state index in [1.165, 1.54) is 18.9 Å². The van der Waals surface area contributed by atoms with Crippen molar-refractivity contribution in [1.29, 1.82) is 0 Å². The van der Waals surface area contributed by atoms with E-state index in [9.17, 15) is 9.59 Å². The van der Waals surface area contributed by atoms with Crippen LogP contribution in [0.25, 0.3) is 0 Å². The zero-order chi connectivity index (χ0) is 14.1. The molecular weight excluding hydrogens is 258 g/mol. The molecule has 0 N–H and O–H groups in total. The van der Waals surface area contributed by atoms with Crippen molar-refractivity contribution in [2.24, 2.45) is 5.92 Å². The molecule has 2 fully saturated rings. The van der Waals surface area contributed by atoms with Crippen LogP contribution < -0.4 is 10.4 Å². The standard InChI is InChI=1S/C15H19NO4/c1-10-6-13(8-15(18)19-10)20-12-4-5-16(9-12)14(17)7-11-2-3-11/h6,8,11-12H,2-5,7,9H2,1H3/t12-/m0/s1. The Morgan fingerprint density at radius 1 is 1.40 bits per heavy atom. The first-order valence-electron chi connectivity index (χ1n) is 7.16. The summed E-state index contributed by atoms with van der Waals surface area (Å²) in [5.74, 6) is 1.92. The third-order valence-electron chi connectivity index (χ3n) is 3.83. The van der Waals surface area contributed by atoms with Gasteiger partial charge in [-0.05, 0) is 25.7 Å². The molecule has 1 aliphatic heterocycles. The van der Waals surface area contributed by atoms with Gasteiger partial charge < -0.3 is 14.1 Å². The number of carbonyl (C=O) groups is 1. The van der Waals surface area contributed by atoms with Gasteiger partial charge in [0.05, 0.1) is 12.6 Å². The van der Waals surface area contributed by atoms with Gasteiger partial charge in [-0.25, -0.2) is 4.79 Å². The molecule has 0 aromatic carbocycles. The molecule has 1 saturated carbocycles. The molecule has 20 heavy (non-hydrogen) atoms. The van der Waals surface area contributed by atoms with Gasteiger partial charge in [0.25, 0.3) is 0 Å². The number of hydrogen-bond donors (Lipinski definition) is 0. The molecule has 0 unspecified atom stereocenters. The Morgan fingerprint density at radius 3 is 2.90 bits per heavy atom. The number of rotatable bonds is 4. The van der Waals surface area contributed by atoms with E-state index in [2.05, 4.69) is 0 Å². The predicted octanol–water partition coefficient (Wildman–Crippen LogP) is 1.73. The maximum absolute atomic E-state index is 12.0. The van der Waals surface area contributed by atoms with Gasteiger partial charge in [0.2, 0.25) is 5.91 Å². The number of carbonyl (C=O) groups excluding carboxylic acids is 1. The van der Waals surface area contributed by atoms with E-state index in [-0.39, 0.29) is 12.0 Å². The molecule has 3 rings (SSSR count). The molecule has 1 aromatic heterocycles. The zero-order valence-electron chi connectivity index (χ0n) is 11.6. The van der Waals surface area contributed by atoms with Gasteiger partial charge in [0.1, 0.15) is 17.6 Å². The summed E-state index contributed by atoms with van der Waals surface area (Å²) in [4.78, 5) is 25.2. The summed E-state index contributed by atoms with van der Waals surface area (Å²) in [5, 5.41) is 0. The van der Waals surface area contributed by atoms with Crippen LogP contribution in [-0.4, -0.2) is 30.0 Å². The van der Waals surface area contributed by atoms with Gasteiger partial charge in [-0.3, -0.25) is 4.79 Å². The molecule has 1 saturated heterocycles. The van der Waals surface area contributed by atoms with Crippen LogP contribution in [0.3, 0.4) is 0 Å². The van der Waals surface area contributed by atoms with E-state index >= 15 is 0 Å². The molecule has 0 bridgehead atoms. The molecule has 0 radical (unpaired) electrons. The summed E-state index contributed by atoms with van der Waals surface area (Å²) < 4.78 is 10.7. The lowest BCUT2D eigenvalue weighted by atomic mass is 10.2. The normalized spacial score (nSPS) is 22.1. The fourth-order valence-corrected chi connectivity index (χ4v) is 2.59. The van der Waals surface area contributed by atoms with E-state index < -0.39 is 5.63 Å². The molecule has 108 valence electrons. The van der Waals surface area contributed by atoms with Crippen LogP contribution >= 0.6 is 0 Å². The van der Waals surface area contributed by atoms with E-state index in [1.807, 2.05) is 4.90 Å².